The Morgan fingerprint density at radius 1 is 1.15 bits per heavy atom. The first-order valence-corrected chi connectivity index (χ1v) is 9.41. The first kappa shape index (κ1) is 19.6. The highest BCUT2D eigenvalue weighted by Crippen LogP contribution is 2.41. The Labute approximate surface area is 157 Å². The Morgan fingerprint density at radius 2 is 1.78 bits per heavy atom. The van der Waals surface area contributed by atoms with Crippen LogP contribution in [0.5, 0.6) is 0 Å². The number of benzene rings is 2. The van der Waals surface area contributed by atoms with Gasteiger partial charge in [0.15, 0.2) is 0 Å². The molecule has 0 bridgehead atoms. The second kappa shape index (κ2) is 6.77. The summed E-state index contributed by atoms with van der Waals surface area (Å²) in [5, 5.41) is 9.70. The maximum Gasteiger partial charge on any atom is 0.431 e. The minimum Gasteiger partial charge on any atom is -0.257 e. The van der Waals surface area contributed by atoms with E-state index in [0.29, 0.717) is 0 Å². The van der Waals surface area contributed by atoms with E-state index in [9.17, 15) is 26.0 Å². The van der Waals surface area contributed by atoms with Crippen molar-refractivity contribution in [2.24, 2.45) is 10.2 Å². The number of rotatable bonds is 3. The second-order valence-electron chi connectivity index (χ2n) is 5.81. The zero-order valence-corrected chi connectivity index (χ0v) is 15.0. The summed E-state index contributed by atoms with van der Waals surface area (Å²) in [6.45, 7) is 0. The van der Waals surface area contributed by atoms with E-state index in [4.69, 9.17) is 16.7 Å². The fourth-order valence-corrected chi connectivity index (χ4v) is 3.53. The van der Waals surface area contributed by atoms with Crippen molar-refractivity contribution in [3.63, 3.8) is 0 Å². The molecule has 1 aliphatic heterocycles. The SMILES string of the molecule is NS(=O)(=O)c1ccc(N2N=C(C(F)(F)F)CC2c2ccc(F)cc2Cl)cc1. The van der Waals surface area contributed by atoms with Crippen LogP contribution in [0.4, 0.5) is 23.2 Å². The van der Waals surface area contributed by atoms with E-state index >= 15 is 0 Å². The van der Waals surface area contributed by atoms with Crippen LogP contribution < -0.4 is 10.1 Å². The summed E-state index contributed by atoms with van der Waals surface area (Å²) in [5.41, 5.74) is -0.563. The Balaban J connectivity index is 2.05. The highest BCUT2D eigenvalue weighted by molar-refractivity contribution is 7.89. The van der Waals surface area contributed by atoms with Gasteiger partial charge in [-0.05, 0) is 42.0 Å². The third kappa shape index (κ3) is 4.07. The highest BCUT2D eigenvalue weighted by Gasteiger charge is 2.44. The second-order valence-corrected chi connectivity index (χ2v) is 7.78. The van der Waals surface area contributed by atoms with Gasteiger partial charge >= 0.3 is 6.18 Å². The van der Waals surface area contributed by atoms with Gasteiger partial charge in [-0.3, -0.25) is 5.01 Å². The molecule has 0 aromatic heterocycles. The number of primary sulfonamides is 1. The van der Waals surface area contributed by atoms with Crippen molar-refractivity contribution in [3.05, 3.63) is 58.9 Å². The summed E-state index contributed by atoms with van der Waals surface area (Å²) in [6.07, 6.45) is -5.15. The molecule has 1 aliphatic rings. The van der Waals surface area contributed by atoms with E-state index in [-0.39, 0.29) is 21.2 Å². The lowest BCUT2D eigenvalue weighted by Gasteiger charge is -2.25. The van der Waals surface area contributed by atoms with Gasteiger partial charge in [-0.15, -0.1) is 0 Å². The molecule has 144 valence electrons. The fraction of sp³-hybridized carbons (Fsp3) is 0.188. The minimum absolute atomic E-state index is 0.0372. The molecule has 0 aliphatic carbocycles. The van der Waals surface area contributed by atoms with Crippen LogP contribution in [0, 0.1) is 5.82 Å². The molecule has 1 unspecified atom stereocenters. The van der Waals surface area contributed by atoms with Gasteiger partial charge in [-0.2, -0.15) is 18.3 Å². The van der Waals surface area contributed by atoms with Crippen molar-refractivity contribution >= 4 is 33.0 Å². The van der Waals surface area contributed by atoms with E-state index in [1.807, 2.05) is 0 Å². The molecule has 0 amide bonds. The van der Waals surface area contributed by atoms with Crippen LogP contribution in [0.25, 0.3) is 0 Å². The van der Waals surface area contributed by atoms with E-state index in [1.165, 1.54) is 18.2 Å². The van der Waals surface area contributed by atoms with Crippen molar-refractivity contribution < 1.29 is 26.0 Å². The molecule has 27 heavy (non-hydrogen) atoms. The van der Waals surface area contributed by atoms with Crippen molar-refractivity contribution in [2.45, 2.75) is 23.5 Å². The predicted octanol–water partition coefficient (Wildman–Crippen LogP) is 4.00. The van der Waals surface area contributed by atoms with Crippen LogP contribution >= 0.6 is 11.6 Å². The summed E-state index contributed by atoms with van der Waals surface area (Å²) < 4.78 is 75.5. The summed E-state index contributed by atoms with van der Waals surface area (Å²) in [5.74, 6) is -0.622. The van der Waals surface area contributed by atoms with Crippen molar-refractivity contribution in [2.75, 3.05) is 5.01 Å². The molecule has 0 spiro atoms. The molecule has 0 fully saturated rings. The van der Waals surface area contributed by atoms with E-state index < -0.39 is 40.2 Å². The van der Waals surface area contributed by atoms with E-state index in [2.05, 4.69) is 5.10 Å². The van der Waals surface area contributed by atoms with Gasteiger partial charge in [0.2, 0.25) is 10.0 Å². The normalized spacial score (nSPS) is 17.9. The molecule has 2 aromatic rings. The lowest BCUT2D eigenvalue weighted by molar-refractivity contribution is -0.0600. The quantitative estimate of drug-likeness (QED) is 0.761. The van der Waals surface area contributed by atoms with Crippen molar-refractivity contribution in [1.82, 2.24) is 0 Å². The zero-order chi connectivity index (χ0) is 20.0. The average molecular weight is 422 g/mol. The third-order valence-corrected chi connectivity index (χ3v) is 5.25. The Kier molecular flexibility index (Phi) is 4.91. The van der Waals surface area contributed by atoms with Gasteiger partial charge in [0, 0.05) is 11.4 Å². The molecular formula is C16H12ClF4N3O2S. The van der Waals surface area contributed by atoms with Gasteiger partial charge in [-0.25, -0.2) is 17.9 Å². The van der Waals surface area contributed by atoms with Crippen molar-refractivity contribution in [1.29, 1.82) is 0 Å². The summed E-state index contributed by atoms with van der Waals surface area (Å²) in [6, 6.07) is 7.35. The van der Waals surface area contributed by atoms with Crippen LogP contribution in [0.2, 0.25) is 5.02 Å². The Hall–Kier alpha value is -2.17. The lowest BCUT2D eigenvalue weighted by Crippen LogP contribution is -2.21. The van der Waals surface area contributed by atoms with E-state index in [0.717, 1.165) is 29.3 Å². The molecule has 5 nitrogen and oxygen atoms in total. The topological polar surface area (TPSA) is 75.8 Å². The Morgan fingerprint density at radius 3 is 2.30 bits per heavy atom. The smallest absolute Gasteiger partial charge is 0.257 e. The molecular weight excluding hydrogens is 410 g/mol. The highest BCUT2D eigenvalue weighted by atomic mass is 35.5. The number of alkyl halides is 3. The van der Waals surface area contributed by atoms with Crippen LogP contribution in [0.3, 0.4) is 0 Å². The van der Waals surface area contributed by atoms with Crippen LogP contribution in [-0.4, -0.2) is 20.3 Å². The number of sulfonamides is 1. The molecule has 11 heteroatoms. The first-order chi connectivity index (χ1) is 12.5. The monoisotopic (exact) mass is 421 g/mol. The Bertz CT molecular complexity index is 1010. The van der Waals surface area contributed by atoms with E-state index in [1.54, 1.807) is 0 Å². The first-order valence-electron chi connectivity index (χ1n) is 7.48. The van der Waals surface area contributed by atoms with Gasteiger partial charge < -0.3 is 0 Å². The lowest BCUT2D eigenvalue weighted by atomic mass is 10.0. The molecule has 0 saturated carbocycles. The number of halogens is 5. The fourth-order valence-electron chi connectivity index (χ4n) is 2.72. The molecule has 0 radical (unpaired) electrons. The molecule has 2 aromatic carbocycles. The minimum atomic E-state index is -4.65. The molecule has 1 atom stereocenters. The summed E-state index contributed by atoms with van der Waals surface area (Å²) in [7, 11) is -3.95. The van der Waals surface area contributed by atoms with Crippen LogP contribution in [0.15, 0.2) is 52.5 Å². The zero-order valence-electron chi connectivity index (χ0n) is 13.4. The van der Waals surface area contributed by atoms with Crippen LogP contribution in [0.1, 0.15) is 18.0 Å². The standard InChI is InChI=1S/C16H12ClF4N3O2S/c17-13-7-9(18)1-6-12(13)14-8-15(16(19,20)21)23-24(14)10-2-4-11(5-3-10)27(22,25)26/h1-7,14H,8H2,(H2,22,25,26). The number of nitrogens with two attached hydrogens (primary N) is 1. The van der Waals surface area contributed by atoms with Gasteiger partial charge in [0.05, 0.1) is 16.6 Å². The average Bonchev–Trinajstić information content (AvgIpc) is 2.99. The number of hydrazone groups is 1. The summed E-state index contributed by atoms with van der Waals surface area (Å²) >= 11 is 6.01. The predicted molar refractivity (Wildman–Crippen MR) is 92.6 cm³/mol. The molecule has 3 rings (SSSR count). The number of nitrogens with zero attached hydrogens (tertiary/aromatic N) is 2. The number of anilines is 1. The molecule has 0 saturated heterocycles. The molecule has 2 N–H and O–H groups in total. The van der Waals surface area contributed by atoms with Gasteiger partial charge in [0.1, 0.15) is 11.5 Å². The maximum atomic E-state index is 13.3. The van der Waals surface area contributed by atoms with Crippen LogP contribution in [-0.2, 0) is 10.0 Å². The third-order valence-electron chi connectivity index (χ3n) is 3.99. The van der Waals surface area contributed by atoms with Gasteiger partial charge in [0.25, 0.3) is 0 Å². The maximum absolute atomic E-state index is 13.3. The van der Waals surface area contributed by atoms with Gasteiger partial charge in [-0.1, -0.05) is 17.7 Å². The number of hydrogen-bond donors (Lipinski definition) is 1. The number of hydrogen-bond acceptors (Lipinski definition) is 4. The summed E-state index contributed by atoms with van der Waals surface area (Å²) in [4.78, 5) is -0.193. The van der Waals surface area contributed by atoms with Crippen molar-refractivity contribution in [3.8, 4) is 0 Å². The molecule has 1 heterocycles. The largest absolute Gasteiger partial charge is 0.431 e.